The SMILES string of the molecule is C=C(C)C=[13CH2]. The summed E-state index contributed by atoms with van der Waals surface area (Å²) in [5, 5.41) is 0. The van der Waals surface area contributed by atoms with E-state index in [9.17, 15) is 0 Å². The van der Waals surface area contributed by atoms with Crippen LogP contribution in [0.2, 0.25) is 0 Å². The van der Waals surface area contributed by atoms with Crippen molar-refractivity contribution in [2.75, 3.05) is 0 Å². The average molecular weight is 69.1 g/mol. The number of allylic oxidation sites excluding steroid dienone is 2. The summed E-state index contributed by atoms with van der Waals surface area (Å²) in [7, 11) is 0. The lowest BCUT2D eigenvalue weighted by Gasteiger charge is -1.71. The van der Waals surface area contributed by atoms with Crippen LogP contribution in [0, 0.1) is 0 Å². The van der Waals surface area contributed by atoms with Gasteiger partial charge in [-0.15, -0.1) is 0 Å². The van der Waals surface area contributed by atoms with Gasteiger partial charge in [-0.3, -0.25) is 0 Å². The van der Waals surface area contributed by atoms with Crippen LogP contribution in [0.25, 0.3) is 0 Å². The van der Waals surface area contributed by atoms with E-state index in [1.54, 1.807) is 6.08 Å². The van der Waals surface area contributed by atoms with Crippen LogP contribution in [0.5, 0.6) is 0 Å². The van der Waals surface area contributed by atoms with Gasteiger partial charge in [0.15, 0.2) is 0 Å². The highest BCUT2D eigenvalue weighted by Gasteiger charge is 1.59. The van der Waals surface area contributed by atoms with E-state index in [0.717, 1.165) is 5.57 Å². The second-order valence-corrected chi connectivity index (χ2v) is 1.05. The van der Waals surface area contributed by atoms with E-state index >= 15 is 0 Å². The molecule has 0 aliphatic carbocycles. The van der Waals surface area contributed by atoms with Gasteiger partial charge in [-0.2, -0.15) is 0 Å². The molecule has 0 bridgehead atoms. The average Bonchev–Trinajstić information content (AvgIpc) is 1.38. The summed E-state index contributed by atoms with van der Waals surface area (Å²) in [6, 6.07) is 0. The molecule has 0 heteroatoms. The predicted octanol–water partition coefficient (Wildman–Crippen LogP) is 1.75. The fourth-order valence-electron chi connectivity index (χ4n) is 0. The van der Waals surface area contributed by atoms with Gasteiger partial charge in [-0.05, 0) is 6.92 Å². The van der Waals surface area contributed by atoms with E-state index in [-0.39, 0.29) is 0 Å². The maximum Gasteiger partial charge on any atom is -0.0404 e. The highest BCUT2D eigenvalue weighted by Crippen LogP contribution is 1.81. The molecule has 0 saturated carbocycles. The summed E-state index contributed by atoms with van der Waals surface area (Å²) >= 11 is 0. The van der Waals surface area contributed by atoms with Crippen molar-refractivity contribution in [1.82, 2.24) is 0 Å². The summed E-state index contributed by atoms with van der Waals surface area (Å²) in [6.45, 7) is 8.93. The van der Waals surface area contributed by atoms with Crippen LogP contribution in [0.3, 0.4) is 0 Å². The molecule has 0 heterocycles. The third-order valence-electron chi connectivity index (χ3n) is 0.348. The third-order valence-corrected chi connectivity index (χ3v) is 0.348. The molecule has 0 aromatic carbocycles. The Bertz CT molecular complexity index is 51.1. The minimum Gasteiger partial charge on any atom is -0.0988 e. The summed E-state index contributed by atoms with van der Waals surface area (Å²) in [5.74, 6) is 0. The van der Waals surface area contributed by atoms with E-state index in [4.69, 9.17) is 0 Å². The fraction of sp³-hybridized carbons (Fsp3) is 0.200. The Kier molecular flexibility index (Phi) is 1.58. The van der Waals surface area contributed by atoms with E-state index in [1.165, 1.54) is 0 Å². The Hall–Kier alpha value is -0.520. The highest BCUT2D eigenvalue weighted by atomic mass is 13.8. The van der Waals surface area contributed by atoms with Gasteiger partial charge in [-0.25, -0.2) is 0 Å². The summed E-state index contributed by atoms with van der Waals surface area (Å²) in [4.78, 5) is 0. The first-order chi connectivity index (χ1) is 2.27. The van der Waals surface area contributed by atoms with Gasteiger partial charge >= 0.3 is 0 Å². The molecule has 0 nitrogen and oxygen atoms in total. The van der Waals surface area contributed by atoms with Gasteiger partial charge in [0.05, 0.1) is 0 Å². The summed E-state index contributed by atoms with van der Waals surface area (Å²) in [6.07, 6.45) is 1.72. The van der Waals surface area contributed by atoms with Gasteiger partial charge in [0.25, 0.3) is 0 Å². The number of rotatable bonds is 1. The van der Waals surface area contributed by atoms with E-state index in [1.807, 2.05) is 6.92 Å². The maximum atomic E-state index is 3.56. The van der Waals surface area contributed by atoms with Crippen molar-refractivity contribution >= 4 is 0 Å². The van der Waals surface area contributed by atoms with Crippen LogP contribution >= 0.6 is 0 Å². The second kappa shape index (κ2) is 1.77. The quantitative estimate of drug-likeness (QED) is 0.325. The van der Waals surface area contributed by atoms with Crippen molar-refractivity contribution in [2.24, 2.45) is 0 Å². The highest BCUT2D eigenvalue weighted by molar-refractivity contribution is 5.05. The molecule has 0 atom stereocenters. The Balaban J connectivity index is 3.20. The van der Waals surface area contributed by atoms with Gasteiger partial charge < -0.3 is 0 Å². The molecule has 0 radical (unpaired) electrons. The van der Waals surface area contributed by atoms with Gasteiger partial charge in [0.2, 0.25) is 0 Å². The lowest BCUT2D eigenvalue weighted by molar-refractivity contribution is 1.58. The van der Waals surface area contributed by atoms with Crippen molar-refractivity contribution < 1.29 is 0 Å². The summed E-state index contributed by atoms with van der Waals surface area (Å²) in [5.41, 5.74) is 1.02. The van der Waals surface area contributed by atoms with Crippen LogP contribution in [-0.4, -0.2) is 0 Å². The van der Waals surface area contributed by atoms with Crippen molar-refractivity contribution in [3.63, 3.8) is 0 Å². The molecule has 28 valence electrons. The third kappa shape index (κ3) is 3.48. The first kappa shape index (κ1) is 4.48. The largest absolute Gasteiger partial charge is 0.0988 e. The van der Waals surface area contributed by atoms with Crippen LogP contribution in [-0.2, 0) is 0 Å². The molecule has 0 spiro atoms. The molecule has 0 aromatic heterocycles. The molecule has 0 saturated heterocycles. The lowest BCUT2D eigenvalue weighted by atomic mass is 10.4. The monoisotopic (exact) mass is 69.1 g/mol. The van der Waals surface area contributed by atoms with Crippen molar-refractivity contribution in [3.8, 4) is 0 Å². The number of hydrogen-bond acceptors (Lipinski definition) is 0. The Morgan fingerprint density at radius 3 is 2.00 bits per heavy atom. The minimum absolute atomic E-state index is 1.02. The molecule has 0 N–H and O–H groups in total. The Labute approximate surface area is 32.8 Å². The van der Waals surface area contributed by atoms with Crippen LogP contribution < -0.4 is 0 Å². The van der Waals surface area contributed by atoms with Crippen LogP contribution in [0.1, 0.15) is 6.92 Å². The molecular formula is C5H8. The Morgan fingerprint density at radius 2 is 2.00 bits per heavy atom. The molecule has 0 aliphatic heterocycles. The molecule has 5 heavy (non-hydrogen) atoms. The van der Waals surface area contributed by atoms with E-state index in [2.05, 4.69) is 13.2 Å². The Morgan fingerprint density at radius 1 is 1.80 bits per heavy atom. The van der Waals surface area contributed by atoms with E-state index in [0.29, 0.717) is 0 Å². The standard InChI is InChI=1S/C5H8/c1-4-5(2)3/h4H,1-2H2,3H3/i1+1. The molecule has 0 aromatic rings. The number of hydrogen-bond donors (Lipinski definition) is 0. The van der Waals surface area contributed by atoms with Crippen LogP contribution in [0.15, 0.2) is 24.8 Å². The maximum absolute atomic E-state index is 3.56. The molecule has 0 rings (SSSR count). The fourth-order valence-corrected chi connectivity index (χ4v) is 0. The smallest absolute Gasteiger partial charge is 0.0404 e. The van der Waals surface area contributed by atoms with Crippen molar-refractivity contribution in [2.45, 2.75) is 6.92 Å². The van der Waals surface area contributed by atoms with Gasteiger partial charge in [-0.1, -0.05) is 24.8 Å². The minimum atomic E-state index is 1.02. The zero-order valence-electron chi connectivity index (χ0n) is 3.49. The molecule has 0 aliphatic rings. The molecule has 0 fully saturated rings. The van der Waals surface area contributed by atoms with Crippen molar-refractivity contribution in [3.05, 3.63) is 24.8 Å². The molecular weight excluding hydrogens is 61.0 g/mol. The zero-order valence-corrected chi connectivity index (χ0v) is 3.49. The van der Waals surface area contributed by atoms with Crippen LogP contribution in [0.4, 0.5) is 0 Å². The van der Waals surface area contributed by atoms with Gasteiger partial charge in [0, 0.05) is 0 Å². The topological polar surface area (TPSA) is 0 Å². The predicted molar refractivity (Wildman–Crippen MR) is 25.0 cm³/mol. The molecule has 0 unspecified atom stereocenters. The first-order valence-electron chi connectivity index (χ1n) is 1.55. The molecule has 0 amide bonds. The summed E-state index contributed by atoms with van der Waals surface area (Å²) < 4.78 is 0. The first-order valence-corrected chi connectivity index (χ1v) is 1.55. The van der Waals surface area contributed by atoms with Gasteiger partial charge in [0.1, 0.15) is 0 Å². The zero-order chi connectivity index (χ0) is 4.28. The van der Waals surface area contributed by atoms with Crippen molar-refractivity contribution in [1.29, 1.82) is 0 Å². The van der Waals surface area contributed by atoms with E-state index < -0.39 is 0 Å². The second-order valence-electron chi connectivity index (χ2n) is 1.05. The normalized spacial score (nSPS) is 6.60. The lowest BCUT2D eigenvalue weighted by Crippen LogP contribution is -1.50.